The summed E-state index contributed by atoms with van der Waals surface area (Å²) in [6.45, 7) is 0. The lowest BCUT2D eigenvalue weighted by atomic mass is 10.1. The van der Waals surface area contributed by atoms with Gasteiger partial charge in [-0.1, -0.05) is 35.3 Å². The Bertz CT molecular complexity index is 819. The minimum absolute atomic E-state index is 0.0670. The molecular weight excluding hydrogens is 348 g/mol. The monoisotopic (exact) mass is 359 g/mol. The molecule has 1 unspecified atom stereocenters. The number of fused-ring (bicyclic) bond motifs is 1. The van der Waals surface area contributed by atoms with Gasteiger partial charge in [0.05, 0.1) is 10.0 Å². The molecule has 116 valence electrons. The Morgan fingerprint density at radius 3 is 2.50 bits per heavy atom. The summed E-state index contributed by atoms with van der Waals surface area (Å²) in [4.78, 5) is -0.131. The fourth-order valence-corrected chi connectivity index (χ4v) is 5.09. The molecule has 0 aliphatic heterocycles. The third kappa shape index (κ3) is 2.86. The van der Waals surface area contributed by atoms with Gasteiger partial charge in [0.2, 0.25) is 10.0 Å². The van der Waals surface area contributed by atoms with Crippen LogP contribution < -0.4 is 4.72 Å². The molecule has 0 saturated carbocycles. The van der Waals surface area contributed by atoms with E-state index in [0.717, 1.165) is 11.1 Å². The summed E-state index contributed by atoms with van der Waals surface area (Å²) in [7, 11) is -3.87. The van der Waals surface area contributed by atoms with Crippen molar-refractivity contribution in [1.82, 2.24) is 4.72 Å². The van der Waals surface area contributed by atoms with Crippen LogP contribution in [0.15, 0.2) is 41.3 Å². The molecule has 1 N–H and O–H groups in total. The van der Waals surface area contributed by atoms with Gasteiger partial charge in [-0.05, 0) is 48.2 Å². The number of sulfonamides is 1. The van der Waals surface area contributed by atoms with Gasteiger partial charge < -0.3 is 0 Å². The van der Waals surface area contributed by atoms with E-state index >= 15 is 0 Å². The maximum atomic E-state index is 13.2. The van der Waals surface area contributed by atoms with Crippen molar-refractivity contribution in [3.63, 3.8) is 0 Å². The molecule has 0 fully saturated rings. The van der Waals surface area contributed by atoms with Crippen molar-refractivity contribution in [3.05, 3.63) is 63.4 Å². The summed E-state index contributed by atoms with van der Waals surface area (Å²) in [5, 5.41) is 0.134. The molecule has 22 heavy (non-hydrogen) atoms. The van der Waals surface area contributed by atoms with Crippen molar-refractivity contribution in [3.8, 4) is 0 Å². The van der Waals surface area contributed by atoms with E-state index in [0.29, 0.717) is 12.8 Å². The lowest BCUT2D eigenvalue weighted by Gasteiger charge is -2.16. The van der Waals surface area contributed by atoms with Gasteiger partial charge in [0, 0.05) is 6.04 Å². The quantitative estimate of drug-likeness (QED) is 0.896. The van der Waals surface area contributed by atoms with Crippen LogP contribution in [0, 0.1) is 5.82 Å². The highest BCUT2D eigenvalue weighted by atomic mass is 35.5. The van der Waals surface area contributed by atoms with Crippen molar-refractivity contribution in [2.45, 2.75) is 23.8 Å². The summed E-state index contributed by atoms with van der Waals surface area (Å²) >= 11 is 11.9. The van der Waals surface area contributed by atoms with Crippen LogP contribution in [-0.2, 0) is 16.4 Å². The van der Waals surface area contributed by atoms with E-state index < -0.39 is 16.1 Å². The zero-order valence-corrected chi connectivity index (χ0v) is 13.6. The van der Waals surface area contributed by atoms with Gasteiger partial charge in [0.1, 0.15) is 10.7 Å². The molecule has 2 aromatic rings. The highest BCUT2D eigenvalue weighted by Crippen LogP contribution is 2.35. The molecule has 3 nitrogen and oxygen atoms in total. The van der Waals surface area contributed by atoms with Crippen LogP contribution in [0.5, 0.6) is 0 Å². The topological polar surface area (TPSA) is 46.2 Å². The first-order valence-electron chi connectivity index (χ1n) is 6.63. The van der Waals surface area contributed by atoms with Gasteiger partial charge in [-0.3, -0.25) is 0 Å². The number of hydrogen-bond acceptors (Lipinski definition) is 2. The molecule has 1 aliphatic carbocycles. The Morgan fingerprint density at radius 2 is 1.82 bits per heavy atom. The SMILES string of the molecule is O=S(=O)(NC1CCc2cc(F)ccc21)c1c(Cl)cccc1Cl. The summed E-state index contributed by atoms with van der Waals surface area (Å²) in [6.07, 6.45) is 1.19. The number of hydrogen-bond donors (Lipinski definition) is 1. The van der Waals surface area contributed by atoms with Gasteiger partial charge in [-0.15, -0.1) is 0 Å². The largest absolute Gasteiger partial charge is 0.244 e. The summed E-state index contributed by atoms with van der Waals surface area (Å²) in [6, 6.07) is 8.49. The molecule has 2 aromatic carbocycles. The van der Waals surface area contributed by atoms with Crippen LogP contribution >= 0.6 is 23.2 Å². The second-order valence-electron chi connectivity index (χ2n) is 5.11. The highest BCUT2D eigenvalue weighted by Gasteiger charge is 2.30. The van der Waals surface area contributed by atoms with Gasteiger partial charge in [-0.25, -0.2) is 17.5 Å². The Hall–Kier alpha value is -1.14. The van der Waals surface area contributed by atoms with Crippen LogP contribution in [0.2, 0.25) is 10.0 Å². The number of benzene rings is 2. The van der Waals surface area contributed by atoms with Crippen molar-refractivity contribution >= 4 is 33.2 Å². The molecule has 1 aliphatic rings. The smallest absolute Gasteiger partial charge is 0.207 e. The van der Waals surface area contributed by atoms with E-state index in [1.807, 2.05) is 0 Å². The minimum Gasteiger partial charge on any atom is -0.207 e. The van der Waals surface area contributed by atoms with E-state index in [1.165, 1.54) is 24.3 Å². The Labute approximate surface area is 138 Å². The van der Waals surface area contributed by atoms with E-state index in [-0.39, 0.29) is 20.8 Å². The van der Waals surface area contributed by atoms with E-state index in [2.05, 4.69) is 4.72 Å². The molecule has 0 aromatic heterocycles. The van der Waals surface area contributed by atoms with Crippen LogP contribution in [-0.4, -0.2) is 8.42 Å². The molecule has 0 saturated heterocycles. The summed E-state index contributed by atoms with van der Waals surface area (Å²) in [5.74, 6) is -0.323. The third-order valence-corrected chi connectivity index (χ3v) is 6.09. The van der Waals surface area contributed by atoms with Crippen molar-refractivity contribution in [2.75, 3.05) is 0 Å². The third-order valence-electron chi connectivity index (χ3n) is 3.67. The molecule has 3 rings (SSSR count). The number of rotatable bonds is 3. The van der Waals surface area contributed by atoms with Gasteiger partial charge in [-0.2, -0.15) is 0 Å². The van der Waals surface area contributed by atoms with Crippen LogP contribution in [0.3, 0.4) is 0 Å². The zero-order valence-electron chi connectivity index (χ0n) is 11.3. The normalized spacial score (nSPS) is 17.5. The molecule has 7 heteroatoms. The lowest BCUT2D eigenvalue weighted by Crippen LogP contribution is -2.27. The predicted molar refractivity (Wildman–Crippen MR) is 84.2 cm³/mol. The first kappa shape index (κ1) is 15.7. The molecule has 0 heterocycles. The standard InChI is InChI=1S/C15H12Cl2FNO2S/c16-12-2-1-3-13(17)15(12)22(20,21)19-14-7-4-9-8-10(18)5-6-11(9)14/h1-3,5-6,8,14,19H,4,7H2. The molecule has 0 spiro atoms. The van der Waals surface area contributed by atoms with Gasteiger partial charge >= 0.3 is 0 Å². The Balaban J connectivity index is 1.95. The maximum Gasteiger partial charge on any atom is 0.244 e. The number of aryl methyl sites for hydroxylation is 1. The average molecular weight is 360 g/mol. The predicted octanol–water partition coefficient (Wildman–Crippen LogP) is 4.10. The fraction of sp³-hybridized carbons (Fsp3) is 0.200. The zero-order chi connectivity index (χ0) is 15.9. The average Bonchev–Trinajstić information content (AvgIpc) is 2.79. The van der Waals surface area contributed by atoms with E-state index in [1.54, 1.807) is 12.1 Å². The van der Waals surface area contributed by atoms with Crippen molar-refractivity contribution in [2.24, 2.45) is 0 Å². The van der Waals surface area contributed by atoms with Gasteiger partial charge in [0.25, 0.3) is 0 Å². The Morgan fingerprint density at radius 1 is 1.14 bits per heavy atom. The van der Waals surface area contributed by atoms with Crippen molar-refractivity contribution in [1.29, 1.82) is 0 Å². The van der Waals surface area contributed by atoms with Crippen molar-refractivity contribution < 1.29 is 12.8 Å². The molecule has 0 radical (unpaired) electrons. The maximum absolute atomic E-state index is 13.2. The first-order chi connectivity index (χ1) is 10.4. The van der Waals surface area contributed by atoms with Crippen LogP contribution in [0.4, 0.5) is 4.39 Å². The Kier molecular flexibility index (Phi) is 4.16. The fourth-order valence-electron chi connectivity index (χ4n) is 2.69. The highest BCUT2D eigenvalue weighted by molar-refractivity contribution is 7.89. The molecule has 1 atom stereocenters. The summed E-state index contributed by atoms with van der Waals surface area (Å²) in [5.41, 5.74) is 1.60. The van der Waals surface area contributed by atoms with Gasteiger partial charge in [0.15, 0.2) is 0 Å². The van der Waals surface area contributed by atoms with E-state index in [4.69, 9.17) is 23.2 Å². The van der Waals surface area contributed by atoms with E-state index in [9.17, 15) is 12.8 Å². The lowest BCUT2D eigenvalue weighted by molar-refractivity contribution is 0.554. The second kappa shape index (κ2) is 5.81. The molecule has 0 bridgehead atoms. The minimum atomic E-state index is -3.87. The molecular formula is C15H12Cl2FNO2S. The number of halogens is 3. The van der Waals surface area contributed by atoms with Crippen LogP contribution in [0.1, 0.15) is 23.6 Å². The molecule has 0 amide bonds. The van der Waals surface area contributed by atoms with Crippen LogP contribution in [0.25, 0.3) is 0 Å². The second-order valence-corrected chi connectivity index (χ2v) is 7.57. The summed E-state index contributed by atoms with van der Waals surface area (Å²) < 4.78 is 40.9. The number of nitrogens with one attached hydrogen (secondary N) is 1. The first-order valence-corrected chi connectivity index (χ1v) is 8.87.